The Bertz CT molecular complexity index is 441. The molecule has 2 aliphatic rings. The monoisotopic (exact) mass is 276 g/mol. The second-order valence-electron chi connectivity index (χ2n) is 6.30. The molecule has 1 spiro atoms. The summed E-state index contributed by atoms with van der Waals surface area (Å²) in [5.74, 6) is 0.207. The molecule has 1 aliphatic heterocycles. The van der Waals surface area contributed by atoms with Crippen molar-refractivity contribution in [3.63, 3.8) is 0 Å². The fourth-order valence-electron chi connectivity index (χ4n) is 3.74. The van der Waals surface area contributed by atoms with Crippen molar-refractivity contribution < 1.29 is 14.6 Å². The Morgan fingerprint density at radius 1 is 1.35 bits per heavy atom. The van der Waals surface area contributed by atoms with E-state index in [9.17, 15) is 5.11 Å². The SMILES string of the molecule is COCC(O)(c1ccccc1)C1CCOC2(CCC2)C1. The van der Waals surface area contributed by atoms with E-state index in [1.165, 1.54) is 6.42 Å². The van der Waals surface area contributed by atoms with E-state index < -0.39 is 5.60 Å². The maximum absolute atomic E-state index is 11.3. The minimum absolute atomic E-state index is 0.0411. The van der Waals surface area contributed by atoms with Gasteiger partial charge in [-0.05, 0) is 43.6 Å². The third-order valence-corrected chi connectivity index (χ3v) is 5.07. The van der Waals surface area contributed by atoms with Gasteiger partial charge in [0.15, 0.2) is 0 Å². The summed E-state index contributed by atoms with van der Waals surface area (Å²) < 4.78 is 11.3. The lowest BCUT2D eigenvalue weighted by molar-refractivity contribution is -0.187. The first-order valence-corrected chi connectivity index (χ1v) is 7.59. The molecule has 1 heterocycles. The van der Waals surface area contributed by atoms with Crippen molar-refractivity contribution in [2.24, 2.45) is 5.92 Å². The highest BCUT2D eigenvalue weighted by atomic mass is 16.5. The highest BCUT2D eigenvalue weighted by Crippen LogP contribution is 2.49. The van der Waals surface area contributed by atoms with Crippen LogP contribution in [0.4, 0.5) is 0 Å². The van der Waals surface area contributed by atoms with Gasteiger partial charge >= 0.3 is 0 Å². The Kier molecular flexibility index (Phi) is 3.85. The number of aliphatic hydroxyl groups is 1. The molecule has 1 saturated carbocycles. The Balaban J connectivity index is 1.86. The molecule has 1 aromatic carbocycles. The van der Waals surface area contributed by atoms with Gasteiger partial charge in [-0.15, -0.1) is 0 Å². The highest BCUT2D eigenvalue weighted by Gasteiger charge is 2.49. The van der Waals surface area contributed by atoms with Gasteiger partial charge in [0.05, 0.1) is 12.2 Å². The molecule has 0 amide bonds. The van der Waals surface area contributed by atoms with Crippen LogP contribution in [0.5, 0.6) is 0 Å². The topological polar surface area (TPSA) is 38.7 Å². The van der Waals surface area contributed by atoms with Gasteiger partial charge in [-0.2, -0.15) is 0 Å². The van der Waals surface area contributed by atoms with Gasteiger partial charge in [-0.1, -0.05) is 30.3 Å². The Morgan fingerprint density at radius 2 is 2.10 bits per heavy atom. The van der Waals surface area contributed by atoms with E-state index in [0.29, 0.717) is 6.61 Å². The number of rotatable bonds is 4. The summed E-state index contributed by atoms with van der Waals surface area (Å²) >= 11 is 0. The summed E-state index contributed by atoms with van der Waals surface area (Å²) in [4.78, 5) is 0. The normalized spacial score (nSPS) is 27.8. The van der Waals surface area contributed by atoms with Crippen molar-refractivity contribution in [1.29, 1.82) is 0 Å². The van der Waals surface area contributed by atoms with Gasteiger partial charge in [0, 0.05) is 13.7 Å². The second kappa shape index (κ2) is 5.47. The van der Waals surface area contributed by atoms with Crippen molar-refractivity contribution in [2.75, 3.05) is 20.3 Å². The molecule has 0 aromatic heterocycles. The zero-order chi connectivity index (χ0) is 14.1. The first kappa shape index (κ1) is 14.1. The van der Waals surface area contributed by atoms with Crippen molar-refractivity contribution >= 4 is 0 Å². The highest BCUT2D eigenvalue weighted by molar-refractivity contribution is 5.24. The largest absolute Gasteiger partial charge is 0.382 e. The minimum atomic E-state index is -0.900. The molecule has 0 radical (unpaired) electrons. The number of methoxy groups -OCH3 is 1. The van der Waals surface area contributed by atoms with Crippen molar-refractivity contribution in [3.05, 3.63) is 35.9 Å². The third-order valence-electron chi connectivity index (χ3n) is 5.07. The summed E-state index contributed by atoms with van der Waals surface area (Å²) in [6.45, 7) is 1.10. The van der Waals surface area contributed by atoms with Crippen LogP contribution in [-0.2, 0) is 15.1 Å². The maximum atomic E-state index is 11.3. The fourth-order valence-corrected chi connectivity index (χ4v) is 3.74. The van der Waals surface area contributed by atoms with Crippen LogP contribution >= 0.6 is 0 Å². The molecule has 2 atom stereocenters. The van der Waals surface area contributed by atoms with Gasteiger partial charge in [0.1, 0.15) is 5.60 Å². The van der Waals surface area contributed by atoms with Crippen LogP contribution in [0.3, 0.4) is 0 Å². The molecule has 3 rings (SSSR count). The van der Waals surface area contributed by atoms with Gasteiger partial charge < -0.3 is 14.6 Å². The van der Waals surface area contributed by atoms with E-state index in [4.69, 9.17) is 9.47 Å². The van der Waals surface area contributed by atoms with E-state index in [1.807, 2.05) is 30.3 Å². The fraction of sp³-hybridized carbons (Fsp3) is 0.647. The molecular weight excluding hydrogens is 252 g/mol. The molecule has 1 N–H and O–H groups in total. The lowest BCUT2D eigenvalue weighted by Gasteiger charge is -2.50. The quantitative estimate of drug-likeness (QED) is 0.919. The lowest BCUT2D eigenvalue weighted by Crippen LogP contribution is -2.52. The van der Waals surface area contributed by atoms with E-state index in [-0.39, 0.29) is 11.5 Å². The predicted octanol–water partition coefficient (Wildman–Crippen LogP) is 2.87. The van der Waals surface area contributed by atoms with Crippen molar-refractivity contribution in [1.82, 2.24) is 0 Å². The van der Waals surface area contributed by atoms with E-state index in [0.717, 1.165) is 37.9 Å². The molecule has 3 heteroatoms. The molecule has 2 unspecified atom stereocenters. The van der Waals surface area contributed by atoms with Crippen LogP contribution in [0, 0.1) is 5.92 Å². The number of hydrogen-bond acceptors (Lipinski definition) is 3. The zero-order valence-electron chi connectivity index (χ0n) is 12.2. The van der Waals surface area contributed by atoms with Gasteiger partial charge in [-0.3, -0.25) is 0 Å². The van der Waals surface area contributed by atoms with Crippen LogP contribution in [0.25, 0.3) is 0 Å². The average Bonchev–Trinajstić information content (AvgIpc) is 2.47. The second-order valence-corrected chi connectivity index (χ2v) is 6.30. The van der Waals surface area contributed by atoms with Crippen LogP contribution < -0.4 is 0 Å². The smallest absolute Gasteiger partial charge is 0.116 e. The van der Waals surface area contributed by atoms with E-state index in [2.05, 4.69) is 0 Å². The number of benzene rings is 1. The van der Waals surface area contributed by atoms with Crippen molar-refractivity contribution in [2.45, 2.75) is 43.3 Å². The molecular formula is C17H24O3. The Hall–Kier alpha value is -0.900. The lowest BCUT2D eigenvalue weighted by atomic mass is 9.66. The summed E-state index contributed by atoms with van der Waals surface area (Å²) in [6.07, 6.45) is 5.38. The van der Waals surface area contributed by atoms with Crippen LogP contribution in [0.15, 0.2) is 30.3 Å². The maximum Gasteiger partial charge on any atom is 0.116 e. The summed E-state index contributed by atoms with van der Waals surface area (Å²) in [5.41, 5.74) is 0.102. The molecule has 1 aromatic rings. The summed E-state index contributed by atoms with van der Waals surface area (Å²) in [7, 11) is 1.66. The number of ether oxygens (including phenoxy) is 2. The molecule has 2 fully saturated rings. The summed E-state index contributed by atoms with van der Waals surface area (Å²) in [6, 6.07) is 9.95. The van der Waals surface area contributed by atoms with E-state index in [1.54, 1.807) is 7.11 Å². The minimum Gasteiger partial charge on any atom is -0.382 e. The van der Waals surface area contributed by atoms with Crippen LogP contribution in [0.2, 0.25) is 0 Å². The Labute approximate surface area is 120 Å². The number of hydrogen-bond donors (Lipinski definition) is 1. The van der Waals surface area contributed by atoms with E-state index >= 15 is 0 Å². The zero-order valence-corrected chi connectivity index (χ0v) is 12.2. The summed E-state index contributed by atoms with van der Waals surface area (Å²) in [5, 5.41) is 11.3. The molecule has 1 aliphatic carbocycles. The first-order chi connectivity index (χ1) is 9.69. The molecule has 110 valence electrons. The Morgan fingerprint density at radius 3 is 2.70 bits per heavy atom. The van der Waals surface area contributed by atoms with Crippen LogP contribution in [-0.4, -0.2) is 31.0 Å². The first-order valence-electron chi connectivity index (χ1n) is 7.59. The average molecular weight is 276 g/mol. The van der Waals surface area contributed by atoms with Crippen LogP contribution in [0.1, 0.15) is 37.7 Å². The van der Waals surface area contributed by atoms with Gasteiger partial charge in [-0.25, -0.2) is 0 Å². The standard InChI is InChI=1S/C17H24O3/c1-19-13-17(18,14-6-3-2-4-7-14)15-8-11-20-16(12-15)9-5-10-16/h2-4,6-7,15,18H,5,8-13H2,1H3. The van der Waals surface area contributed by atoms with Gasteiger partial charge in [0.25, 0.3) is 0 Å². The van der Waals surface area contributed by atoms with Gasteiger partial charge in [0.2, 0.25) is 0 Å². The molecule has 3 nitrogen and oxygen atoms in total. The molecule has 0 bridgehead atoms. The van der Waals surface area contributed by atoms with Crippen molar-refractivity contribution in [3.8, 4) is 0 Å². The molecule has 1 saturated heterocycles. The predicted molar refractivity (Wildman–Crippen MR) is 77.5 cm³/mol. The molecule has 20 heavy (non-hydrogen) atoms. The third kappa shape index (κ3) is 2.39.